The fourth-order valence-corrected chi connectivity index (χ4v) is 4.04. The fraction of sp³-hybridized carbons (Fsp3) is 0.655. The smallest absolute Gasteiger partial charge is 0.408 e. The van der Waals surface area contributed by atoms with Crippen LogP contribution in [0.3, 0.4) is 0 Å². The van der Waals surface area contributed by atoms with Crippen molar-refractivity contribution < 1.29 is 28.7 Å². The Labute approximate surface area is 228 Å². The molecule has 0 aliphatic heterocycles. The molecular formula is C29H47N3O6. The average molecular weight is 534 g/mol. The molecule has 3 unspecified atom stereocenters. The van der Waals surface area contributed by atoms with Crippen molar-refractivity contribution in [2.24, 2.45) is 11.8 Å². The molecule has 1 aromatic carbocycles. The van der Waals surface area contributed by atoms with E-state index in [1.54, 1.807) is 49.9 Å². The van der Waals surface area contributed by atoms with E-state index >= 15 is 0 Å². The van der Waals surface area contributed by atoms with Crippen molar-refractivity contribution in [1.29, 1.82) is 0 Å². The summed E-state index contributed by atoms with van der Waals surface area (Å²) in [7, 11) is 1.24. The van der Waals surface area contributed by atoms with Gasteiger partial charge in [0, 0.05) is 6.04 Å². The van der Waals surface area contributed by atoms with E-state index in [4.69, 9.17) is 4.74 Å². The van der Waals surface area contributed by atoms with Gasteiger partial charge in [0.1, 0.15) is 24.2 Å². The van der Waals surface area contributed by atoms with Crippen LogP contribution in [0.25, 0.3) is 0 Å². The van der Waals surface area contributed by atoms with E-state index in [0.717, 1.165) is 6.42 Å². The molecule has 214 valence electrons. The van der Waals surface area contributed by atoms with Gasteiger partial charge in [-0.2, -0.15) is 0 Å². The monoisotopic (exact) mass is 533 g/mol. The molecule has 38 heavy (non-hydrogen) atoms. The van der Waals surface area contributed by atoms with Gasteiger partial charge in [-0.1, -0.05) is 58.0 Å². The SMILES string of the molecule is COC(=O)CNC(=O)C(c1ccccc1)N(C(=O)C(CC(C)C)NC(=O)OC(C)(C)C)C(C)CCC(C)C. The van der Waals surface area contributed by atoms with Crippen molar-refractivity contribution in [2.75, 3.05) is 13.7 Å². The first-order valence-corrected chi connectivity index (χ1v) is 13.4. The fourth-order valence-electron chi connectivity index (χ4n) is 4.04. The zero-order valence-electron chi connectivity index (χ0n) is 24.5. The van der Waals surface area contributed by atoms with Gasteiger partial charge in [0.25, 0.3) is 0 Å². The lowest BCUT2D eigenvalue weighted by molar-refractivity contribution is -0.147. The number of esters is 1. The van der Waals surface area contributed by atoms with Gasteiger partial charge < -0.3 is 25.0 Å². The number of nitrogens with zero attached hydrogens (tertiary/aromatic N) is 1. The van der Waals surface area contributed by atoms with Crippen LogP contribution in [0, 0.1) is 11.8 Å². The van der Waals surface area contributed by atoms with Crippen molar-refractivity contribution in [2.45, 2.75) is 98.4 Å². The second-order valence-electron chi connectivity index (χ2n) is 11.5. The highest BCUT2D eigenvalue weighted by atomic mass is 16.6. The van der Waals surface area contributed by atoms with Crippen LogP contribution in [0.4, 0.5) is 4.79 Å². The lowest BCUT2D eigenvalue weighted by atomic mass is 9.95. The minimum absolute atomic E-state index is 0.0787. The van der Waals surface area contributed by atoms with Crippen LogP contribution in [0.15, 0.2) is 30.3 Å². The molecule has 0 aliphatic carbocycles. The summed E-state index contributed by atoms with van der Waals surface area (Å²) in [5, 5.41) is 5.37. The lowest BCUT2D eigenvalue weighted by Crippen LogP contribution is -2.56. The number of carbonyl (C=O) groups is 4. The Bertz CT molecular complexity index is 911. The highest BCUT2D eigenvalue weighted by Crippen LogP contribution is 2.28. The summed E-state index contributed by atoms with van der Waals surface area (Å²) in [6, 6.07) is 6.69. The first-order chi connectivity index (χ1) is 17.7. The third kappa shape index (κ3) is 11.5. The number of alkyl carbamates (subject to hydrolysis) is 1. The maximum absolute atomic E-state index is 14.3. The number of hydrogen-bond donors (Lipinski definition) is 2. The minimum Gasteiger partial charge on any atom is -0.468 e. The Hall–Kier alpha value is -3.10. The zero-order chi connectivity index (χ0) is 29.0. The Morgan fingerprint density at radius 3 is 2.03 bits per heavy atom. The summed E-state index contributed by atoms with van der Waals surface area (Å²) in [6.45, 7) is 15.0. The second-order valence-corrected chi connectivity index (χ2v) is 11.5. The summed E-state index contributed by atoms with van der Waals surface area (Å²) < 4.78 is 10.1. The van der Waals surface area contributed by atoms with Crippen molar-refractivity contribution in [1.82, 2.24) is 15.5 Å². The number of carbonyl (C=O) groups excluding carboxylic acids is 4. The molecule has 0 aliphatic rings. The molecule has 1 aromatic rings. The van der Waals surface area contributed by atoms with Crippen molar-refractivity contribution >= 4 is 23.9 Å². The van der Waals surface area contributed by atoms with E-state index in [0.29, 0.717) is 24.3 Å². The van der Waals surface area contributed by atoms with E-state index in [-0.39, 0.29) is 24.4 Å². The number of ether oxygens (including phenoxy) is 2. The number of benzene rings is 1. The quantitative estimate of drug-likeness (QED) is 0.358. The highest BCUT2D eigenvalue weighted by Gasteiger charge is 2.39. The summed E-state index contributed by atoms with van der Waals surface area (Å²) in [5.74, 6) is -1.02. The first-order valence-electron chi connectivity index (χ1n) is 13.4. The third-order valence-corrected chi connectivity index (χ3v) is 5.86. The Morgan fingerprint density at radius 1 is 0.921 bits per heavy atom. The summed E-state index contributed by atoms with van der Waals surface area (Å²) in [5.41, 5.74) is -0.139. The van der Waals surface area contributed by atoms with Gasteiger partial charge in [-0.05, 0) is 64.4 Å². The predicted molar refractivity (Wildman–Crippen MR) is 147 cm³/mol. The second kappa shape index (κ2) is 15.3. The topological polar surface area (TPSA) is 114 Å². The number of amides is 3. The summed E-state index contributed by atoms with van der Waals surface area (Å²) in [4.78, 5) is 53.9. The van der Waals surface area contributed by atoms with Gasteiger partial charge in [-0.25, -0.2) is 4.79 Å². The Balaban J connectivity index is 3.55. The standard InChI is InChI=1S/C29H47N3O6/c1-19(2)15-16-21(5)32(27(35)23(17-20(3)4)31-28(36)38-29(6,7)8)25(22-13-11-10-12-14-22)26(34)30-18-24(33)37-9/h10-14,19-21,23,25H,15-18H2,1-9H3,(H,30,34)(H,31,36). The highest BCUT2D eigenvalue weighted by molar-refractivity contribution is 5.93. The molecule has 9 heteroatoms. The van der Waals surface area contributed by atoms with Gasteiger partial charge in [-0.3, -0.25) is 14.4 Å². The van der Waals surface area contributed by atoms with Gasteiger partial charge in [-0.15, -0.1) is 0 Å². The molecule has 3 amide bonds. The van der Waals surface area contributed by atoms with Gasteiger partial charge in [0.05, 0.1) is 7.11 Å². The van der Waals surface area contributed by atoms with Crippen LogP contribution >= 0.6 is 0 Å². The number of methoxy groups -OCH3 is 1. The molecule has 0 saturated heterocycles. The number of hydrogen-bond acceptors (Lipinski definition) is 6. The number of nitrogens with one attached hydrogen (secondary N) is 2. The molecule has 2 N–H and O–H groups in total. The van der Waals surface area contributed by atoms with Gasteiger partial charge >= 0.3 is 12.1 Å². The molecule has 9 nitrogen and oxygen atoms in total. The maximum Gasteiger partial charge on any atom is 0.408 e. The average Bonchev–Trinajstić information content (AvgIpc) is 2.82. The largest absolute Gasteiger partial charge is 0.468 e. The molecule has 0 spiro atoms. The molecule has 0 saturated carbocycles. The minimum atomic E-state index is -1.02. The Morgan fingerprint density at radius 2 is 1.53 bits per heavy atom. The molecule has 0 fully saturated rings. The van der Waals surface area contributed by atoms with Gasteiger partial charge in [0.2, 0.25) is 11.8 Å². The summed E-state index contributed by atoms with van der Waals surface area (Å²) in [6.07, 6.45) is 1.15. The zero-order valence-corrected chi connectivity index (χ0v) is 24.5. The molecule has 3 atom stereocenters. The number of rotatable bonds is 13. The van der Waals surface area contributed by atoms with Crippen LogP contribution in [-0.2, 0) is 23.9 Å². The van der Waals surface area contributed by atoms with E-state index in [2.05, 4.69) is 29.2 Å². The van der Waals surface area contributed by atoms with Crippen LogP contribution in [-0.4, -0.2) is 60.1 Å². The van der Waals surface area contributed by atoms with Crippen LogP contribution < -0.4 is 10.6 Å². The molecule has 0 heterocycles. The third-order valence-electron chi connectivity index (χ3n) is 5.86. The van der Waals surface area contributed by atoms with E-state index < -0.39 is 35.7 Å². The normalized spacial score (nSPS) is 13.9. The van der Waals surface area contributed by atoms with Crippen molar-refractivity contribution in [3.63, 3.8) is 0 Å². The van der Waals surface area contributed by atoms with Crippen LogP contribution in [0.5, 0.6) is 0 Å². The van der Waals surface area contributed by atoms with Crippen molar-refractivity contribution in [3.05, 3.63) is 35.9 Å². The predicted octanol–water partition coefficient (Wildman–Crippen LogP) is 4.61. The first kappa shape index (κ1) is 32.9. The molecule has 0 aromatic heterocycles. The lowest BCUT2D eigenvalue weighted by Gasteiger charge is -2.39. The van der Waals surface area contributed by atoms with E-state index in [9.17, 15) is 19.2 Å². The van der Waals surface area contributed by atoms with E-state index in [1.165, 1.54) is 7.11 Å². The maximum atomic E-state index is 14.3. The van der Waals surface area contributed by atoms with Crippen LogP contribution in [0.2, 0.25) is 0 Å². The van der Waals surface area contributed by atoms with Gasteiger partial charge in [0.15, 0.2) is 0 Å². The molecule has 0 bridgehead atoms. The van der Waals surface area contributed by atoms with E-state index in [1.807, 2.05) is 26.8 Å². The molecule has 0 radical (unpaired) electrons. The molecule has 1 rings (SSSR count). The van der Waals surface area contributed by atoms with Crippen LogP contribution in [0.1, 0.15) is 86.3 Å². The Kier molecular flexibility index (Phi) is 13.3. The van der Waals surface area contributed by atoms with Crippen molar-refractivity contribution in [3.8, 4) is 0 Å². The molecular weight excluding hydrogens is 486 g/mol. The summed E-state index contributed by atoms with van der Waals surface area (Å²) >= 11 is 0.